The highest BCUT2D eigenvalue weighted by atomic mass is 16.5. The van der Waals surface area contributed by atoms with Crippen LogP contribution in [0.25, 0.3) is 0 Å². The number of nitrogens with one attached hydrogen (secondary N) is 1. The van der Waals surface area contributed by atoms with Gasteiger partial charge in [-0.05, 0) is 52.4 Å². The van der Waals surface area contributed by atoms with Gasteiger partial charge < -0.3 is 4.74 Å². The number of methoxy groups -OCH3 is 1. The van der Waals surface area contributed by atoms with Gasteiger partial charge in [0.25, 0.3) is 0 Å². The monoisotopic (exact) mass is 279 g/mol. The maximum Gasteiger partial charge on any atom is 0.108 e. The zero-order valence-electron chi connectivity index (χ0n) is 13.2. The summed E-state index contributed by atoms with van der Waals surface area (Å²) in [5, 5.41) is 13.2. The first-order valence-electron chi connectivity index (χ1n) is 8.04. The fourth-order valence-electron chi connectivity index (χ4n) is 3.61. The van der Waals surface area contributed by atoms with Crippen LogP contribution in [0.4, 0.5) is 0 Å². The lowest BCUT2D eigenvalue weighted by atomic mass is 9.78. The smallest absolute Gasteiger partial charge is 0.108 e. The number of rotatable bonds is 7. The van der Waals surface area contributed by atoms with Crippen LogP contribution in [0.3, 0.4) is 0 Å². The first-order valence-corrected chi connectivity index (χ1v) is 8.04. The topological polar surface area (TPSA) is 48.3 Å². The quantitative estimate of drug-likeness (QED) is 0.777. The molecule has 4 heteroatoms. The summed E-state index contributed by atoms with van der Waals surface area (Å²) in [5.74, 6) is 0. The third-order valence-corrected chi connectivity index (χ3v) is 4.54. The molecule has 0 radical (unpaired) electrons. The van der Waals surface area contributed by atoms with E-state index in [1.165, 1.54) is 19.3 Å². The van der Waals surface area contributed by atoms with Crippen LogP contribution in [0.1, 0.15) is 52.4 Å². The van der Waals surface area contributed by atoms with Gasteiger partial charge in [0.05, 0.1) is 12.7 Å². The van der Waals surface area contributed by atoms with Crippen LogP contribution < -0.4 is 5.32 Å². The molecule has 2 atom stereocenters. The first kappa shape index (κ1) is 15.8. The Kier molecular flexibility index (Phi) is 5.42. The molecule has 20 heavy (non-hydrogen) atoms. The molecule has 0 spiro atoms. The Morgan fingerprint density at radius 2 is 2.10 bits per heavy atom. The van der Waals surface area contributed by atoms with E-state index in [0.717, 1.165) is 38.5 Å². The molecule has 0 bridgehead atoms. The minimum atomic E-state index is -0.322. The lowest BCUT2D eigenvalue weighted by Gasteiger charge is -2.42. The summed E-state index contributed by atoms with van der Waals surface area (Å²) in [6.45, 7) is 6.07. The molecular weight excluding hydrogens is 250 g/mol. The molecule has 0 saturated heterocycles. The average Bonchev–Trinajstić information content (AvgIpc) is 3.23. The van der Waals surface area contributed by atoms with Gasteiger partial charge in [0.1, 0.15) is 5.54 Å². The molecule has 2 saturated carbocycles. The molecule has 2 rings (SSSR count). The summed E-state index contributed by atoms with van der Waals surface area (Å²) in [6, 6.07) is 4.22. The van der Waals surface area contributed by atoms with Crippen molar-refractivity contribution < 1.29 is 4.74 Å². The van der Waals surface area contributed by atoms with Crippen LogP contribution in [0.2, 0.25) is 0 Å². The van der Waals surface area contributed by atoms with Crippen LogP contribution in [0.15, 0.2) is 0 Å². The normalized spacial score (nSPS) is 30.7. The molecule has 2 aliphatic rings. The van der Waals surface area contributed by atoms with E-state index < -0.39 is 0 Å². The molecule has 2 fully saturated rings. The van der Waals surface area contributed by atoms with Gasteiger partial charge in [0.15, 0.2) is 0 Å². The molecule has 0 amide bonds. The summed E-state index contributed by atoms with van der Waals surface area (Å²) in [4.78, 5) is 2.61. The maximum absolute atomic E-state index is 9.66. The lowest BCUT2D eigenvalue weighted by molar-refractivity contribution is 0.0763. The Morgan fingerprint density at radius 1 is 1.35 bits per heavy atom. The van der Waals surface area contributed by atoms with Crippen LogP contribution in [-0.4, -0.2) is 48.8 Å². The Bertz CT molecular complexity index is 348. The van der Waals surface area contributed by atoms with Gasteiger partial charge in [-0.25, -0.2) is 0 Å². The Balaban J connectivity index is 2.01. The second kappa shape index (κ2) is 6.89. The second-order valence-electron chi connectivity index (χ2n) is 6.70. The maximum atomic E-state index is 9.66. The van der Waals surface area contributed by atoms with E-state index in [4.69, 9.17) is 4.74 Å². The molecule has 0 aromatic heterocycles. The van der Waals surface area contributed by atoms with Gasteiger partial charge in [-0.15, -0.1) is 0 Å². The summed E-state index contributed by atoms with van der Waals surface area (Å²) in [6.07, 6.45) is 6.95. The van der Waals surface area contributed by atoms with Gasteiger partial charge in [0, 0.05) is 31.8 Å². The fourth-order valence-corrected chi connectivity index (χ4v) is 3.61. The van der Waals surface area contributed by atoms with E-state index in [1.54, 1.807) is 7.11 Å². The van der Waals surface area contributed by atoms with E-state index >= 15 is 0 Å². The number of nitrogens with zero attached hydrogens (tertiary/aromatic N) is 2. The minimum absolute atomic E-state index is 0.322. The van der Waals surface area contributed by atoms with E-state index in [0.29, 0.717) is 12.1 Å². The highest BCUT2D eigenvalue weighted by Gasteiger charge is 2.42. The molecule has 0 aromatic carbocycles. The number of nitriles is 1. The van der Waals surface area contributed by atoms with Crippen molar-refractivity contribution >= 4 is 0 Å². The van der Waals surface area contributed by atoms with Gasteiger partial charge in [0.2, 0.25) is 0 Å². The van der Waals surface area contributed by atoms with E-state index in [1.807, 2.05) is 0 Å². The number of hydrogen-bond acceptors (Lipinski definition) is 4. The molecule has 4 nitrogen and oxygen atoms in total. The molecule has 0 aliphatic heterocycles. The number of hydrogen-bond donors (Lipinski definition) is 1. The molecular formula is C16H29N3O. The van der Waals surface area contributed by atoms with Crippen molar-refractivity contribution in [3.8, 4) is 6.07 Å². The first-order chi connectivity index (χ1) is 9.60. The van der Waals surface area contributed by atoms with Crippen molar-refractivity contribution in [1.82, 2.24) is 10.2 Å². The third kappa shape index (κ3) is 3.94. The molecule has 114 valence electrons. The standard InChI is InChI=1S/C16H29N3O/c1-13(2)18-16(12-17)8-4-5-15(11-16)19(9-10-20-3)14-6-7-14/h13-15,18H,4-11H2,1-3H3. The van der Waals surface area contributed by atoms with Crippen molar-refractivity contribution in [1.29, 1.82) is 5.26 Å². The molecule has 0 aromatic rings. The van der Waals surface area contributed by atoms with Gasteiger partial charge in [-0.3, -0.25) is 10.2 Å². The van der Waals surface area contributed by atoms with Crippen molar-refractivity contribution in [2.45, 2.75) is 76.0 Å². The third-order valence-electron chi connectivity index (χ3n) is 4.54. The van der Waals surface area contributed by atoms with Gasteiger partial charge in [-0.2, -0.15) is 5.26 Å². The lowest BCUT2D eigenvalue weighted by Crippen LogP contribution is -2.55. The Morgan fingerprint density at radius 3 is 2.65 bits per heavy atom. The van der Waals surface area contributed by atoms with E-state index in [9.17, 15) is 5.26 Å². The summed E-state index contributed by atoms with van der Waals surface area (Å²) < 4.78 is 5.26. The molecule has 2 aliphatic carbocycles. The van der Waals surface area contributed by atoms with E-state index in [2.05, 4.69) is 30.1 Å². The molecule has 0 heterocycles. The highest BCUT2D eigenvalue weighted by molar-refractivity contribution is 5.12. The Hall–Kier alpha value is -0.630. The van der Waals surface area contributed by atoms with Crippen molar-refractivity contribution in [3.63, 3.8) is 0 Å². The minimum Gasteiger partial charge on any atom is -0.383 e. The fraction of sp³-hybridized carbons (Fsp3) is 0.938. The Labute approximate surface area is 123 Å². The van der Waals surface area contributed by atoms with Gasteiger partial charge in [-0.1, -0.05) is 0 Å². The van der Waals surface area contributed by atoms with Crippen LogP contribution >= 0.6 is 0 Å². The summed E-state index contributed by atoms with van der Waals surface area (Å²) in [7, 11) is 1.77. The van der Waals surface area contributed by atoms with Crippen molar-refractivity contribution in [3.05, 3.63) is 0 Å². The second-order valence-corrected chi connectivity index (χ2v) is 6.70. The zero-order chi connectivity index (χ0) is 14.6. The van der Waals surface area contributed by atoms with Crippen LogP contribution in [0, 0.1) is 11.3 Å². The largest absolute Gasteiger partial charge is 0.383 e. The SMILES string of the molecule is COCCN(C1CC1)C1CCCC(C#N)(NC(C)C)C1. The van der Waals surface area contributed by atoms with Crippen LogP contribution in [0.5, 0.6) is 0 Å². The number of ether oxygens (including phenoxy) is 1. The highest BCUT2D eigenvalue weighted by Crippen LogP contribution is 2.37. The van der Waals surface area contributed by atoms with Crippen LogP contribution in [-0.2, 0) is 4.74 Å². The molecule has 2 unspecified atom stereocenters. The van der Waals surface area contributed by atoms with Gasteiger partial charge >= 0.3 is 0 Å². The van der Waals surface area contributed by atoms with Crippen molar-refractivity contribution in [2.24, 2.45) is 0 Å². The molecule has 1 N–H and O–H groups in total. The predicted octanol–water partition coefficient (Wildman–Crippen LogP) is 2.30. The van der Waals surface area contributed by atoms with Crippen molar-refractivity contribution in [2.75, 3.05) is 20.3 Å². The van der Waals surface area contributed by atoms with E-state index in [-0.39, 0.29) is 5.54 Å². The predicted molar refractivity (Wildman–Crippen MR) is 80.5 cm³/mol. The summed E-state index contributed by atoms with van der Waals surface area (Å²) in [5.41, 5.74) is -0.322. The summed E-state index contributed by atoms with van der Waals surface area (Å²) >= 11 is 0. The zero-order valence-corrected chi connectivity index (χ0v) is 13.2. The average molecular weight is 279 g/mol.